The summed E-state index contributed by atoms with van der Waals surface area (Å²) in [5.74, 6) is -0.521. The van der Waals surface area contributed by atoms with E-state index in [0.29, 0.717) is 5.75 Å². The Balaban J connectivity index is 2.52. The maximum atomic E-state index is 13.1. The third-order valence-corrected chi connectivity index (χ3v) is 4.60. The van der Waals surface area contributed by atoms with Gasteiger partial charge in [-0.3, -0.25) is 9.69 Å². The van der Waals surface area contributed by atoms with Crippen molar-refractivity contribution in [1.29, 1.82) is 0 Å². The Morgan fingerprint density at radius 3 is 2.12 bits per heavy atom. The quantitative estimate of drug-likeness (QED) is 0.546. The van der Waals surface area contributed by atoms with Crippen molar-refractivity contribution < 1.29 is 28.5 Å². The van der Waals surface area contributed by atoms with Crippen molar-refractivity contribution in [2.24, 2.45) is 5.92 Å². The molecule has 7 nitrogen and oxygen atoms in total. The smallest absolute Gasteiger partial charge is 0.347 e. The number of nitrogens with zero attached hydrogens (tertiary/aromatic N) is 1. The first kappa shape index (κ1) is 19.8. The molecule has 142 valence electrons. The fourth-order valence-corrected chi connectivity index (χ4v) is 3.33. The molecular formula is C19H25NO6. The van der Waals surface area contributed by atoms with Gasteiger partial charge in [0.2, 0.25) is 5.72 Å². The highest BCUT2D eigenvalue weighted by Crippen LogP contribution is 2.43. The van der Waals surface area contributed by atoms with E-state index in [-0.39, 0.29) is 23.8 Å². The van der Waals surface area contributed by atoms with E-state index in [2.05, 4.69) is 0 Å². The number of esters is 1. The van der Waals surface area contributed by atoms with Gasteiger partial charge in [0.25, 0.3) is 5.91 Å². The first-order chi connectivity index (χ1) is 12.4. The first-order valence-corrected chi connectivity index (χ1v) is 8.24. The molecule has 0 bridgehead atoms. The zero-order valence-electron chi connectivity index (χ0n) is 16.0. The van der Waals surface area contributed by atoms with Gasteiger partial charge in [-0.25, -0.2) is 4.79 Å². The summed E-state index contributed by atoms with van der Waals surface area (Å²) in [6.07, 6.45) is 0. The Labute approximate surface area is 153 Å². The maximum Gasteiger partial charge on any atom is 0.347 e. The van der Waals surface area contributed by atoms with E-state index in [1.165, 1.54) is 26.2 Å². The van der Waals surface area contributed by atoms with E-state index < -0.39 is 17.6 Å². The van der Waals surface area contributed by atoms with Crippen LogP contribution in [0.4, 0.5) is 0 Å². The number of hydrogen-bond donors (Lipinski definition) is 0. The monoisotopic (exact) mass is 363 g/mol. The lowest BCUT2D eigenvalue weighted by Gasteiger charge is -2.41. The van der Waals surface area contributed by atoms with Crippen LogP contribution in [0.1, 0.15) is 19.4 Å². The van der Waals surface area contributed by atoms with Crippen LogP contribution < -0.4 is 4.74 Å². The lowest BCUT2D eigenvalue weighted by Crippen LogP contribution is -2.53. The lowest BCUT2D eigenvalue weighted by molar-refractivity contribution is -0.170. The average molecular weight is 363 g/mol. The van der Waals surface area contributed by atoms with E-state index in [1.807, 2.05) is 38.1 Å². The Morgan fingerprint density at radius 2 is 1.69 bits per heavy atom. The number of amides is 1. The van der Waals surface area contributed by atoms with Crippen molar-refractivity contribution in [3.8, 4) is 5.75 Å². The number of carbonyl (C=O) groups excluding carboxylic acids is 2. The van der Waals surface area contributed by atoms with Crippen LogP contribution >= 0.6 is 0 Å². The van der Waals surface area contributed by atoms with E-state index in [9.17, 15) is 9.59 Å². The summed E-state index contributed by atoms with van der Waals surface area (Å²) in [5.41, 5.74) is -0.475. The number of benzene rings is 1. The topological polar surface area (TPSA) is 74.3 Å². The molecule has 1 aliphatic rings. The second kappa shape index (κ2) is 7.78. The molecule has 26 heavy (non-hydrogen) atoms. The largest absolute Gasteiger partial charge is 0.497 e. The minimum absolute atomic E-state index is 0.140. The molecule has 7 heteroatoms. The molecule has 1 heterocycles. The molecule has 1 aromatic carbocycles. The van der Waals surface area contributed by atoms with Gasteiger partial charge in [-0.05, 0) is 17.7 Å². The van der Waals surface area contributed by atoms with Crippen molar-refractivity contribution in [1.82, 2.24) is 4.90 Å². The molecular weight excluding hydrogens is 338 g/mol. The normalized spacial score (nSPS) is 20.0. The maximum absolute atomic E-state index is 13.1. The van der Waals surface area contributed by atoms with Crippen LogP contribution in [0.5, 0.6) is 5.75 Å². The van der Waals surface area contributed by atoms with Gasteiger partial charge in [0, 0.05) is 19.6 Å². The molecule has 0 saturated heterocycles. The standard InChI is InChI=1S/C19H25NO6/c1-12(2)19(26-6)16(24-4)15(18(22)25-5)17(21)20(19)11-13-7-9-14(23-3)10-8-13/h7-10,12H,11H2,1-6H3. The molecule has 1 amide bonds. The second-order valence-electron chi connectivity index (χ2n) is 6.19. The molecule has 0 saturated carbocycles. The average Bonchev–Trinajstić information content (AvgIpc) is 2.90. The molecule has 1 unspecified atom stereocenters. The summed E-state index contributed by atoms with van der Waals surface area (Å²) < 4.78 is 21.2. The van der Waals surface area contributed by atoms with Crippen LogP contribution in [0.15, 0.2) is 35.6 Å². The first-order valence-electron chi connectivity index (χ1n) is 8.24. The zero-order chi connectivity index (χ0) is 19.5. The molecule has 0 N–H and O–H groups in total. The van der Waals surface area contributed by atoms with Crippen LogP contribution in [0.25, 0.3) is 0 Å². The Hall–Kier alpha value is -2.54. The van der Waals surface area contributed by atoms with Crippen molar-refractivity contribution in [3.63, 3.8) is 0 Å². The fraction of sp³-hybridized carbons (Fsp3) is 0.474. The van der Waals surface area contributed by atoms with Gasteiger partial charge in [-0.2, -0.15) is 0 Å². The predicted octanol–water partition coefficient (Wildman–Crippen LogP) is 2.11. The van der Waals surface area contributed by atoms with Crippen molar-refractivity contribution in [2.45, 2.75) is 26.1 Å². The molecule has 0 aliphatic carbocycles. The van der Waals surface area contributed by atoms with Gasteiger partial charge in [0.05, 0.1) is 21.3 Å². The van der Waals surface area contributed by atoms with Crippen LogP contribution in [-0.2, 0) is 30.3 Å². The molecule has 1 atom stereocenters. The third kappa shape index (κ3) is 3.03. The highest BCUT2D eigenvalue weighted by atomic mass is 16.6. The zero-order valence-corrected chi connectivity index (χ0v) is 16.0. The molecule has 2 rings (SSSR count). The lowest BCUT2D eigenvalue weighted by atomic mass is 9.95. The summed E-state index contributed by atoms with van der Waals surface area (Å²) in [7, 11) is 5.73. The van der Waals surface area contributed by atoms with Gasteiger partial charge < -0.3 is 18.9 Å². The van der Waals surface area contributed by atoms with E-state index in [0.717, 1.165) is 5.56 Å². The minimum Gasteiger partial charge on any atom is -0.497 e. The summed E-state index contributed by atoms with van der Waals surface area (Å²) >= 11 is 0. The Morgan fingerprint density at radius 1 is 1.08 bits per heavy atom. The molecule has 1 aliphatic heterocycles. The Bertz CT molecular complexity index is 709. The fourth-order valence-electron chi connectivity index (χ4n) is 3.33. The SMILES string of the molecule is COC(=O)C1=C(OC)C(OC)(C(C)C)N(Cc2ccc(OC)cc2)C1=O. The molecule has 0 aromatic heterocycles. The highest BCUT2D eigenvalue weighted by Gasteiger charge is 2.57. The van der Waals surface area contributed by atoms with Crippen molar-refractivity contribution in [2.75, 3.05) is 28.4 Å². The van der Waals surface area contributed by atoms with Crippen LogP contribution in [-0.4, -0.2) is 50.9 Å². The minimum atomic E-state index is -1.20. The van der Waals surface area contributed by atoms with Gasteiger partial charge in [0.1, 0.15) is 5.75 Å². The van der Waals surface area contributed by atoms with E-state index >= 15 is 0 Å². The number of methoxy groups -OCH3 is 4. The van der Waals surface area contributed by atoms with Crippen molar-refractivity contribution in [3.05, 3.63) is 41.2 Å². The van der Waals surface area contributed by atoms with Gasteiger partial charge in [-0.1, -0.05) is 26.0 Å². The van der Waals surface area contributed by atoms with Crippen molar-refractivity contribution >= 4 is 11.9 Å². The number of carbonyl (C=O) groups is 2. The summed E-state index contributed by atoms with van der Waals surface area (Å²) in [6, 6.07) is 7.34. The molecule has 0 fully saturated rings. The predicted molar refractivity (Wildman–Crippen MR) is 94.2 cm³/mol. The summed E-state index contributed by atoms with van der Waals surface area (Å²) in [5, 5.41) is 0. The number of hydrogen-bond acceptors (Lipinski definition) is 6. The van der Waals surface area contributed by atoms with Gasteiger partial charge in [0.15, 0.2) is 11.3 Å². The van der Waals surface area contributed by atoms with Crippen LogP contribution in [0.3, 0.4) is 0 Å². The summed E-state index contributed by atoms with van der Waals surface area (Å²) in [4.78, 5) is 26.8. The number of rotatable bonds is 7. The van der Waals surface area contributed by atoms with E-state index in [4.69, 9.17) is 18.9 Å². The Kier molecular flexibility index (Phi) is 5.92. The number of ether oxygens (including phenoxy) is 4. The van der Waals surface area contributed by atoms with E-state index in [1.54, 1.807) is 7.11 Å². The molecule has 1 aromatic rings. The van der Waals surface area contributed by atoms with Crippen LogP contribution in [0, 0.1) is 5.92 Å². The molecule has 0 spiro atoms. The van der Waals surface area contributed by atoms with Crippen LogP contribution in [0.2, 0.25) is 0 Å². The third-order valence-electron chi connectivity index (χ3n) is 4.60. The summed E-state index contributed by atoms with van der Waals surface area (Å²) in [6.45, 7) is 4.04. The second-order valence-corrected chi connectivity index (χ2v) is 6.19. The van der Waals surface area contributed by atoms with Gasteiger partial charge in [-0.15, -0.1) is 0 Å². The highest BCUT2D eigenvalue weighted by molar-refractivity contribution is 6.19. The van der Waals surface area contributed by atoms with Gasteiger partial charge >= 0.3 is 5.97 Å². The molecule has 0 radical (unpaired) electrons.